The number of nitrogens with one attached hydrogen (secondary N) is 1. The molecule has 1 saturated carbocycles. The van der Waals surface area contributed by atoms with Crippen molar-refractivity contribution in [2.24, 2.45) is 15.9 Å². The Bertz CT molecular complexity index is 919. The van der Waals surface area contributed by atoms with Gasteiger partial charge in [0.25, 0.3) is 0 Å². The van der Waals surface area contributed by atoms with Crippen LogP contribution in [0.5, 0.6) is 0 Å². The Balaban J connectivity index is 1.86. The second-order valence-corrected chi connectivity index (χ2v) is 6.58. The molecule has 1 fully saturated rings. The number of nitrogens with zero attached hydrogens (tertiary/aromatic N) is 3. The first-order valence-electron chi connectivity index (χ1n) is 7.40. The first-order valence-corrected chi connectivity index (χ1v) is 8.22. The maximum atomic E-state index is 13.0. The third-order valence-electron chi connectivity index (χ3n) is 3.56. The molecule has 0 saturated heterocycles. The molecule has 3 rings (SSSR count). The van der Waals surface area contributed by atoms with Crippen LogP contribution in [-0.2, 0) is 4.79 Å². The number of aromatic nitrogens is 1. The monoisotopic (exact) mass is 384 g/mol. The van der Waals surface area contributed by atoms with Crippen LogP contribution in [0.4, 0.5) is 22.7 Å². The second-order valence-electron chi connectivity index (χ2n) is 5.55. The van der Waals surface area contributed by atoms with Gasteiger partial charge in [-0.3, -0.25) is 9.79 Å². The third kappa shape index (κ3) is 4.13. The Morgan fingerprint density at radius 1 is 1.42 bits per heavy atom. The maximum Gasteiger partial charge on any atom is 0.433 e. The van der Waals surface area contributed by atoms with Crippen molar-refractivity contribution in [3.05, 3.63) is 29.5 Å². The summed E-state index contributed by atoms with van der Waals surface area (Å²) < 4.78 is 52.4. The highest BCUT2D eigenvalue weighted by Crippen LogP contribution is 2.36. The van der Waals surface area contributed by atoms with Gasteiger partial charge in [-0.05, 0) is 36.9 Å². The number of aliphatic imine (C=N–C) groups is 2. The number of rotatable bonds is 5. The lowest BCUT2D eigenvalue weighted by molar-refractivity contribution is -0.117. The van der Waals surface area contributed by atoms with Gasteiger partial charge in [0.1, 0.15) is 18.2 Å². The molecule has 26 heavy (non-hydrogen) atoms. The normalized spacial score (nSPS) is 20.5. The Kier molecular flexibility index (Phi) is 4.86. The second kappa shape index (κ2) is 6.94. The van der Waals surface area contributed by atoms with Gasteiger partial charge in [-0.2, -0.15) is 13.2 Å². The minimum atomic E-state index is -4.64. The molecular weight excluding hydrogens is 372 g/mol. The van der Waals surface area contributed by atoms with Gasteiger partial charge in [-0.25, -0.2) is 14.4 Å². The van der Waals surface area contributed by atoms with E-state index in [1.807, 2.05) is 0 Å². The van der Waals surface area contributed by atoms with Crippen LogP contribution in [-0.4, -0.2) is 36.3 Å². The van der Waals surface area contributed by atoms with Crippen LogP contribution in [0.25, 0.3) is 16.3 Å². The summed E-state index contributed by atoms with van der Waals surface area (Å²) in [6.45, 7) is 3.05. The Morgan fingerprint density at radius 2 is 2.15 bits per heavy atom. The van der Waals surface area contributed by atoms with Gasteiger partial charge in [0, 0.05) is 0 Å². The minimum absolute atomic E-state index is 0.200. The van der Waals surface area contributed by atoms with Gasteiger partial charge in [0.05, 0.1) is 16.1 Å². The van der Waals surface area contributed by atoms with Crippen molar-refractivity contribution in [1.82, 2.24) is 4.98 Å². The van der Waals surface area contributed by atoms with Crippen molar-refractivity contribution in [2.45, 2.75) is 18.8 Å². The molecule has 1 amide bonds. The molecule has 1 aromatic heterocycles. The topological polar surface area (TPSA) is 66.7 Å². The summed E-state index contributed by atoms with van der Waals surface area (Å²) in [5.41, 5.74) is -0.344. The summed E-state index contributed by atoms with van der Waals surface area (Å²) in [6.07, 6.45) is -3.97. The number of halogens is 4. The van der Waals surface area contributed by atoms with Gasteiger partial charge < -0.3 is 5.32 Å². The van der Waals surface area contributed by atoms with Crippen molar-refractivity contribution >= 4 is 51.7 Å². The molecule has 1 unspecified atom stereocenters. The lowest BCUT2D eigenvalue weighted by Crippen LogP contribution is -2.14. The van der Waals surface area contributed by atoms with Gasteiger partial charge >= 0.3 is 6.18 Å². The number of thiazole rings is 1. The Morgan fingerprint density at radius 3 is 2.77 bits per heavy atom. The largest absolute Gasteiger partial charge is 0.433 e. The molecule has 0 bridgehead atoms. The SMILES string of the molecule is C=N/C=N\C(=C\c1ccc2nc(NC(=O)C3C[C@@H]3F)sc2c1)C(F)(F)F. The lowest BCUT2D eigenvalue weighted by atomic mass is 10.2. The van der Waals surface area contributed by atoms with E-state index in [0.717, 1.165) is 17.4 Å². The van der Waals surface area contributed by atoms with Crippen LogP contribution in [0, 0.1) is 5.92 Å². The number of amides is 1. The standard InChI is InChI=1S/C16H12F4N4OS/c1-21-7-22-13(16(18,19)20)5-8-2-3-11-12(4-8)26-15(23-11)24-14(25)9-6-10(9)17/h2-5,7,9-10H,1,6H2,(H,23,24,25)/b13-5+,22-7-/t9?,10-/m0/s1. The summed E-state index contributed by atoms with van der Waals surface area (Å²) in [4.78, 5) is 22.3. The van der Waals surface area contributed by atoms with E-state index in [9.17, 15) is 22.4 Å². The molecule has 0 spiro atoms. The van der Waals surface area contributed by atoms with Gasteiger partial charge in [0.15, 0.2) is 5.13 Å². The Hall–Kier alpha value is -2.62. The fourth-order valence-corrected chi connectivity index (χ4v) is 3.09. The van der Waals surface area contributed by atoms with Crippen LogP contribution >= 0.6 is 11.3 Å². The van der Waals surface area contributed by atoms with Crippen LogP contribution in [0.3, 0.4) is 0 Å². The molecule has 5 nitrogen and oxygen atoms in total. The van der Waals surface area contributed by atoms with Crippen molar-refractivity contribution in [1.29, 1.82) is 0 Å². The first-order chi connectivity index (χ1) is 12.3. The summed E-state index contributed by atoms with van der Waals surface area (Å²) >= 11 is 1.10. The molecule has 136 valence electrons. The van der Waals surface area contributed by atoms with E-state index in [0.29, 0.717) is 16.6 Å². The summed E-state index contributed by atoms with van der Waals surface area (Å²) in [6, 6.07) is 4.49. The van der Waals surface area contributed by atoms with E-state index in [1.54, 1.807) is 0 Å². The summed E-state index contributed by atoms with van der Waals surface area (Å²) in [5, 5.41) is 2.80. The molecule has 1 N–H and O–H groups in total. The molecule has 1 heterocycles. The molecule has 0 radical (unpaired) electrons. The summed E-state index contributed by atoms with van der Waals surface area (Å²) in [7, 11) is 0. The highest BCUT2D eigenvalue weighted by Gasteiger charge is 2.43. The molecule has 2 atom stereocenters. The molecular formula is C16H12F4N4OS. The predicted molar refractivity (Wildman–Crippen MR) is 93.3 cm³/mol. The fourth-order valence-electron chi connectivity index (χ4n) is 2.17. The number of fused-ring (bicyclic) bond motifs is 1. The number of benzene rings is 1. The molecule has 1 aliphatic rings. The third-order valence-corrected chi connectivity index (χ3v) is 4.50. The van der Waals surface area contributed by atoms with E-state index in [1.165, 1.54) is 18.2 Å². The van der Waals surface area contributed by atoms with Crippen molar-refractivity contribution < 1.29 is 22.4 Å². The van der Waals surface area contributed by atoms with E-state index in [-0.39, 0.29) is 17.1 Å². The quantitative estimate of drug-likeness (QED) is 0.476. The molecule has 1 aromatic carbocycles. The highest BCUT2D eigenvalue weighted by atomic mass is 32.1. The first kappa shape index (κ1) is 18.2. The molecule has 2 aromatic rings. The van der Waals surface area contributed by atoms with Crippen molar-refractivity contribution in [2.75, 3.05) is 5.32 Å². The fraction of sp³-hybridized carbons (Fsp3) is 0.250. The van der Waals surface area contributed by atoms with Crippen LogP contribution in [0.15, 0.2) is 33.9 Å². The van der Waals surface area contributed by atoms with E-state index >= 15 is 0 Å². The zero-order valence-electron chi connectivity index (χ0n) is 13.1. The van der Waals surface area contributed by atoms with Crippen molar-refractivity contribution in [3.8, 4) is 0 Å². The van der Waals surface area contributed by atoms with Gasteiger partial charge in [-0.1, -0.05) is 17.4 Å². The average molecular weight is 384 g/mol. The van der Waals surface area contributed by atoms with Gasteiger partial charge in [0.2, 0.25) is 5.91 Å². The maximum absolute atomic E-state index is 13.0. The summed E-state index contributed by atoms with van der Waals surface area (Å²) in [5.74, 6) is -1.09. The zero-order chi connectivity index (χ0) is 18.9. The number of carbonyl (C=O) groups excluding carboxylic acids is 1. The smallest absolute Gasteiger partial charge is 0.302 e. The number of carbonyl (C=O) groups is 1. The predicted octanol–water partition coefficient (Wildman–Crippen LogP) is 4.22. The lowest BCUT2D eigenvalue weighted by Gasteiger charge is -2.06. The zero-order valence-corrected chi connectivity index (χ0v) is 13.9. The van der Waals surface area contributed by atoms with Crippen LogP contribution in [0.1, 0.15) is 12.0 Å². The number of hydrogen-bond acceptors (Lipinski definition) is 4. The van der Waals surface area contributed by atoms with Gasteiger partial charge in [-0.15, -0.1) is 0 Å². The van der Waals surface area contributed by atoms with Crippen LogP contribution < -0.4 is 5.32 Å². The number of hydrogen-bond donors (Lipinski definition) is 1. The highest BCUT2D eigenvalue weighted by molar-refractivity contribution is 7.22. The van der Waals surface area contributed by atoms with Crippen molar-refractivity contribution in [3.63, 3.8) is 0 Å². The molecule has 10 heteroatoms. The molecule has 1 aliphatic carbocycles. The van der Waals surface area contributed by atoms with E-state index in [2.05, 4.69) is 27.0 Å². The number of anilines is 1. The number of alkyl halides is 4. The Labute approximate surface area is 149 Å². The van der Waals surface area contributed by atoms with E-state index < -0.39 is 29.9 Å². The van der Waals surface area contributed by atoms with Crippen LogP contribution in [0.2, 0.25) is 0 Å². The average Bonchev–Trinajstić information content (AvgIpc) is 3.16. The number of allylic oxidation sites excluding steroid dienone is 1. The van der Waals surface area contributed by atoms with E-state index in [4.69, 9.17) is 0 Å². The minimum Gasteiger partial charge on any atom is -0.302 e. The molecule has 0 aliphatic heterocycles.